The van der Waals surface area contributed by atoms with E-state index in [0.29, 0.717) is 15.8 Å². The zero-order valence-electron chi connectivity index (χ0n) is 28.5. The van der Waals surface area contributed by atoms with Crippen LogP contribution in [0.3, 0.4) is 0 Å². The molecule has 0 aromatic heterocycles. The van der Waals surface area contributed by atoms with Crippen molar-refractivity contribution < 1.29 is 49.8 Å². The molecule has 0 heterocycles. The van der Waals surface area contributed by atoms with Gasteiger partial charge in [0.2, 0.25) is 22.7 Å². The number of hydrogen-bond acceptors (Lipinski definition) is 7. The molecule has 0 aliphatic heterocycles. The molecule has 50 heavy (non-hydrogen) atoms. The zero-order valence-corrected chi connectivity index (χ0v) is 29.3. The van der Waals surface area contributed by atoms with Crippen molar-refractivity contribution in [2.75, 3.05) is 25.3 Å². The van der Waals surface area contributed by atoms with E-state index in [0.717, 1.165) is 45.2 Å². The largest absolute Gasteiger partial charge is 0.427 e. The van der Waals surface area contributed by atoms with Gasteiger partial charge in [-0.3, -0.25) is 9.59 Å². The van der Waals surface area contributed by atoms with Gasteiger partial charge in [-0.15, -0.1) is 0 Å². The van der Waals surface area contributed by atoms with E-state index in [-0.39, 0.29) is 17.8 Å². The van der Waals surface area contributed by atoms with Gasteiger partial charge in [0.1, 0.15) is 0 Å². The number of anilines is 1. The maximum Gasteiger partial charge on any atom is 0.341 e. The average molecular weight is 721 g/mol. The summed E-state index contributed by atoms with van der Waals surface area (Å²) >= 11 is 0. The lowest BCUT2D eigenvalue weighted by Gasteiger charge is -2.27. The van der Waals surface area contributed by atoms with E-state index >= 15 is 0 Å². The summed E-state index contributed by atoms with van der Waals surface area (Å²) in [6, 6.07) is 13.1. The van der Waals surface area contributed by atoms with Gasteiger partial charge >= 0.3 is 11.9 Å². The Morgan fingerprint density at radius 1 is 0.820 bits per heavy atom. The second-order valence-electron chi connectivity index (χ2n) is 13.3. The van der Waals surface area contributed by atoms with E-state index in [1.54, 1.807) is 20.8 Å². The third-order valence-electron chi connectivity index (χ3n) is 8.57. The predicted molar refractivity (Wildman–Crippen MR) is 177 cm³/mol. The lowest BCUT2D eigenvalue weighted by atomic mass is 9.84. The Labute approximate surface area is 289 Å². The molecule has 1 aliphatic carbocycles. The van der Waals surface area contributed by atoms with Crippen LogP contribution in [0.1, 0.15) is 85.8 Å². The first-order chi connectivity index (χ1) is 23.4. The van der Waals surface area contributed by atoms with Crippen LogP contribution < -0.4 is 4.90 Å². The lowest BCUT2D eigenvalue weighted by molar-refractivity contribution is -0.161. The molecule has 270 valence electrons. The van der Waals surface area contributed by atoms with Crippen molar-refractivity contribution in [1.82, 2.24) is 4.31 Å². The van der Waals surface area contributed by atoms with Crippen molar-refractivity contribution in [2.45, 2.75) is 77.2 Å². The van der Waals surface area contributed by atoms with E-state index in [1.165, 1.54) is 35.6 Å². The number of halogens is 4. The number of sulfonamides is 1. The van der Waals surface area contributed by atoms with E-state index < -0.39 is 80.3 Å². The lowest BCUT2D eigenvalue weighted by Crippen LogP contribution is -2.41. The summed E-state index contributed by atoms with van der Waals surface area (Å²) in [6.07, 6.45) is 5.64. The van der Waals surface area contributed by atoms with Gasteiger partial charge < -0.3 is 14.4 Å². The fraction of sp³-hybridized carbons (Fsp3) is 0.417. The fourth-order valence-corrected chi connectivity index (χ4v) is 6.74. The number of ether oxygens (including phenoxy) is 2. The van der Waals surface area contributed by atoms with Gasteiger partial charge in [0.05, 0.1) is 24.1 Å². The van der Waals surface area contributed by atoms with Crippen LogP contribution in [0.25, 0.3) is 0 Å². The number of carbonyl (C=O) groups excluding carboxylic acids is 3. The van der Waals surface area contributed by atoms with Crippen LogP contribution in [0.5, 0.6) is 0 Å². The number of benzene rings is 3. The number of hydrogen-bond donors (Lipinski definition) is 0. The third kappa shape index (κ3) is 8.70. The third-order valence-corrected chi connectivity index (χ3v) is 10.4. The van der Waals surface area contributed by atoms with Crippen LogP contribution in [0.4, 0.5) is 23.2 Å². The molecule has 0 saturated heterocycles. The first kappa shape index (κ1) is 38.5. The second-order valence-corrected chi connectivity index (χ2v) is 15.3. The maximum atomic E-state index is 14.7. The Kier molecular flexibility index (Phi) is 12.1. The van der Waals surface area contributed by atoms with Gasteiger partial charge in [-0.1, -0.05) is 43.5 Å². The summed E-state index contributed by atoms with van der Waals surface area (Å²) in [7, 11) is -4.40. The van der Waals surface area contributed by atoms with E-state index in [2.05, 4.69) is 0 Å². The molecular formula is C36H40F4N2O7S. The average Bonchev–Trinajstić information content (AvgIpc) is 3.09. The number of carbonyl (C=O) groups is 3. The Morgan fingerprint density at radius 2 is 1.38 bits per heavy atom. The number of likely N-dealkylation sites (N-methyl/N-ethyl adjacent to an activating group) is 1. The molecule has 3 aromatic rings. The van der Waals surface area contributed by atoms with Crippen molar-refractivity contribution in [3.8, 4) is 0 Å². The summed E-state index contributed by atoms with van der Waals surface area (Å²) in [5, 5.41) is 0. The molecule has 0 spiro atoms. The smallest absolute Gasteiger partial charge is 0.341 e. The van der Waals surface area contributed by atoms with Gasteiger partial charge in [0.15, 0.2) is 28.2 Å². The standard InChI is InChI=1S/C36H40F4N2O7S/c1-22-29(37)31(39)33(32(40)30(22)38)50(46,47)41(5)20-28(43)42(19-23-11-13-25(14-12-23)24-9-7-6-8-10-24)27-17-15-26(16-18-27)34(44)48-21-49-35(45)36(2,3)4/h11-18,24H,6-10,19-21H2,1-5H3. The molecule has 1 amide bonds. The number of rotatable bonds is 11. The van der Waals surface area contributed by atoms with E-state index in [1.807, 2.05) is 24.3 Å². The van der Waals surface area contributed by atoms with Crippen molar-refractivity contribution in [3.05, 3.63) is 94.1 Å². The molecular weight excluding hydrogens is 680 g/mol. The molecule has 4 rings (SSSR count). The van der Waals surface area contributed by atoms with Crippen molar-refractivity contribution in [2.24, 2.45) is 5.41 Å². The molecule has 0 N–H and O–H groups in total. The van der Waals surface area contributed by atoms with Crippen LogP contribution in [0.15, 0.2) is 53.4 Å². The quantitative estimate of drug-likeness (QED) is 0.0896. The van der Waals surface area contributed by atoms with Gasteiger partial charge in [-0.25, -0.2) is 30.8 Å². The first-order valence-corrected chi connectivity index (χ1v) is 17.5. The van der Waals surface area contributed by atoms with Crippen molar-refractivity contribution in [3.63, 3.8) is 0 Å². The highest BCUT2D eigenvalue weighted by Crippen LogP contribution is 2.33. The SMILES string of the molecule is Cc1c(F)c(F)c(S(=O)(=O)N(C)CC(=O)N(Cc2ccc(C3CCCCC3)cc2)c2ccc(C(=O)OCOC(=O)C(C)(C)C)cc2)c(F)c1F. The zero-order chi connectivity index (χ0) is 37.0. The van der Waals surface area contributed by atoms with Gasteiger partial charge in [-0.05, 0) is 81.8 Å². The summed E-state index contributed by atoms with van der Waals surface area (Å²) in [4.78, 5) is 37.6. The summed E-state index contributed by atoms with van der Waals surface area (Å²) in [6.45, 7) is 4.02. The Balaban J connectivity index is 1.59. The summed E-state index contributed by atoms with van der Waals surface area (Å²) < 4.78 is 94.6. The van der Waals surface area contributed by atoms with Crippen molar-refractivity contribution in [1.29, 1.82) is 0 Å². The predicted octanol–water partition coefficient (Wildman–Crippen LogP) is 7.16. The van der Waals surface area contributed by atoms with Crippen LogP contribution in [-0.2, 0) is 35.6 Å². The van der Waals surface area contributed by atoms with Gasteiger partial charge in [-0.2, -0.15) is 4.31 Å². The summed E-state index contributed by atoms with van der Waals surface area (Å²) in [5.74, 6) is -9.77. The molecule has 0 unspecified atom stereocenters. The summed E-state index contributed by atoms with van der Waals surface area (Å²) in [5.41, 5.74) is 0.276. The second kappa shape index (κ2) is 15.7. The Hall–Kier alpha value is -4.30. The highest BCUT2D eigenvalue weighted by molar-refractivity contribution is 7.89. The molecule has 3 aromatic carbocycles. The number of nitrogens with zero attached hydrogens (tertiary/aromatic N) is 2. The Morgan fingerprint density at radius 3 is 1.92 bits per heavy atom. The van der Waals surface area contributed by atoms with Gasteiger partial charge in [0.25, 0.3) is 0 Å². The molecule has 1 aliphatic rings. The normalized spacial score (nSPS) is 14.0. The van der Waals surface area contributed by atoms with Crippen molar-refractivity contribution >= 4 is 33.6 Å². The molecule has 0 bridgehead atoms. The molecule has 1 saturated carbocycles. The molecule has 14 heteroatoms. The fourth-order valence-electron chi connectivity index (χ4n) is 5.52. The Bertz CT molecular complexity index is 1810. The molecule has 0 radical (unpaired) electrons. The monoisotopic (exact) mass is 720 g/mol. The number of amides is 1. The highest BCUT2D eigenvalue weighted by atomic mass is 32.2. The molecule has 1 fully saturated rings. The maximum absolute atomic E-state index is 14.7. The van der Waals surface area contributed by atoms with E-state index in [9.17, 15) is 40.4 Å². The minimum atomic E-state index is -5.25. The van der Waals surface area contributed by atoms with Gasteiger partial charge in [0, 0.05) is 18.3 Å². The number of esters is 2. The molecule has 9 nitrogen and oxygen atoms in total. The first-order valence-electron chi connectivity index (χ1n) is 16.1. The van der Waals surface area contributed by atoms with Crippen LogP contribution in [0, 0.1) is 35.6 Å². The minimum Gasteiger partial charge on any atom is -0.427 e. The van der Waals surface area contributed by atoms with Crippen LogP contribution in [-0.4, -0.2) is 51.0 Å². The van der Waals surface area contributed by atoms with Crippen LogP contribution >= 0.6 is 0 Å². The van der Waals surface area contributed by atoms with E-state index in [4.69, 9.17) is 9.47 Å². The highest BCUT2D eigenvalue weighted by Gasteiger charge is 2.36. The topological polar surface area (TPSA) is 110 Å². The van der Waals surface area contributed by atoms with Crippen LogP contribution in [0.2, 0.25) is 0 Å². The minimum absolute atomic E-state index is 0.0545. The molecule has 0 atom stereocenters.